The molecule has 0 radical (unpaired) electrons. The van der Waals surface area contributed by atoms with Crippen molar-refractivity contribution in [3.05, 3.63) is 54.1 Å². The van der Waals surface area contributed by atoms with Gasteiger partial charge in [0, 0.05) is 0 Å². The number of benzene rings is 2. The van der Waals surface area contributed by atoms with Crippen molar-refractivity contribution in [3.63, 3.8) is 0 Å². The van der Waals surface area contributed by atoms with Crippen molar-refractivity contribution in [2.45, 2.75) is 19.9 Å². The number of carbonyl (C=O) groups is 1. The number of urea groups is 1. The molecule has 5 nitrogen and oxygen atoms in total. The lowest BCUT2D eigenvalue weighted by molar-refractivity contribution is 0.236. The average Bonchev–Trinajstić information content (AvgIpc) is 2.54. The van der Waals surface area contributed by atoms with Crippen LogP contribution in [-0.2, 0) is 0 Å². The minimum atomic E-state index is -0.296. The molecule has 0 aliphatic carbocycles. The number of rotatable bonds is 6. The summed E-state index contributed by atoms with van der Waals surface area (Å²) in [6.45, 7) is 4.27. The molecular formula is C18H22N2O3. The highest BCUT2D eigenvalue weighted by Crippen LogP contribution is 2.22. The molecule has 23 heavy (non-hydrogen) atoms. The number of anilines is 1. The molecule has 2 aromatic carbocycles. The van der Waals surface area contributed by atoms with E-state index in [1.54, 1.807) is 19.2 Å². The molecule has 2 amide bonds. The van der Waals surface area contributed by atoms with Crippen LogP contribution in [0.15, 0.2) is 48.5 Å². The highest BCUT2D eigenvalue weighted by Gasteiger charge is 2.11. The predicted molar refractivity (Wildman–Crippen MR) is 91.3 cm³/mol. The Kier molecular flexibility index (Phi) is 5.86. The maximum Gasteiger partial charge on any atom is 0.319 e. The molecule has 0 aliphatic heterocycles. The highest BCUT2D eigenvalue weighted by molar-refractivity contribution is 5.91. The van der Waals surface area contributed by atoms with Crippen LogP contribution < -0.4 is 20.1 Å². The Morgan fingerprint density at radius 3 is 2.43 bits per heavy atom. The number of para-hydroxylation sites is 3. The predicted octanol–water partition coefficient (Wildman–Crippen LogP) is 3.59. The van der Waals surface area contributed by atoms with E-state index in [0.717, 1.165) is 11.3 Å². The number of aryl methyl sites for hydroxylation is 1. The van der Waals surface area contributed by atoms with Crippen molar-refractivity contribution >= 4 is 11.7 Å². The summed E-state index contributed by atoms with van der Waals surface area (Å²) in [5, 5.41) is 5.61. The van der Waals surface area contributed by atoms with Crippen LogP contribution in [0.1, 0.15) is 12.5 Å². The standard InChI is InChI=1S/C18H22N2O3/c1-13-8-4-6-10-16(13)23-12-14(2)19-18(21)20-15-9-5-7-11-17(15)22-3/h4-11,14H,12H2,1-3H3,(H2,19,20,21)/t14-/m0/s1. The molecule has 1 atom stereocenters. The number of carbonyl (C=O) groups excluding carboxylic acids is 1. The van der Waals surface area contributed by atoms with Crippen molar-refractivity contribution in [1.82, 2.24) is 5.32 Å². The molecule has 2 aromatic rings. The molecule has 5 heteroatoms. The van der Waals surface area contributed by atoms with Gasteiger partial charge in [-0.15, -0.1) is 0 Å². The number of nitrogens with one attached hydrogen (secondary N) is 2. The van der Waals surface area contributed by atoms with Crippen molar-refractivity contribution in [2.75, 3.05) is 19.0 Å². The molecule has 0 spiro atoms. The molecule has 0 saturated carbocycles. The molecule has 0 saturated heterocycles. The van der Waals surface area contributed by atoms with Gasteiger partial charge in [-0.05, 0) is 37.6 Å². The lowest BCUT2D eigenvalue weighted by atomic mass is 10.2. The SMILES string of the molecule is COc1ccccc1NC(=O)N[C@@H](C)COc1ccccc1C. The van der Waals surface area contributed by atoms with Crippen molar-refractivity contribution < 1.29 is 14.3 Å². The summed E-state index contributed by atoms with van der Waals surface area (Å²) >= 11 is 0. The van der Waals surface area contributed by atoms with E-state index in [9.17, 15) is 4.79 Å². The lowest BCUT2D eigenvalue weighted by Crippen LogP contribution is -2.39. The molecule has 0 bridgehead atoms. The first-order valence-corrected chi connectivity index (χ1v) is 7.49. The minimum absolute atomic E-state index is 0.135. The second-order valence-electron chi connectivity index (χ2n) is 5.28. The summed E-state index contributed by atoms with van der Waals surface area (Å²) in [5.74, 6) is 1.44. The van der Waals surface area contributed by atoms with Crippen LogP contribution in [0.4, 0.5) is 10.5 Å². The zero-order chi connectivity index (χ0) is 16.7. The van der Waals surface area contributed by atoms with Gasteiger partial charge in [0.1, 0.15) is 18.1 Å². The van der Waals surface area contributed by atoms with E-state index >= 15 is 0 Å². The maximum absolute atomic E-state index is 12.0. The van der Waals surface area contributed by atoms with E-state index in [1.165, 1.54) is 0 Å². The number of methoxy groups -OCH3 is 1. The van der Waals surface area contributed by atoms with Gasteiger partial charge in [-0.3, -0.25) is 0 Å². The fourth-order valence-electron chi connectivity index (χ4n) is 2.10. The van der Waals surface area contributed by atoms with Crippen LogP contribution in [-0.4, -0.2) is 25.8 Å². The second kappa shape index (κ2) is 8.08. The fraction of sp³-hybridized carbons (Fsp3) is 0.278. The molecular weight excluding hydrogens is 292 g/mol. The van der Waals surface area contributed by atoms with E-state index in [1.807, 2.05) is 50.2 Å². The molecule has 2 rings (SSSR count). The number of ether oxygens (including phenoxy) is 2. The van der Waals surface area contributed by atoms with Crippen LogP contribution in [0, 0.1) is 6.92 Å². The van der Waals surface area contributed by atoms with Gasteiger partial charge < -0.3 is 20.1 Å². The molecule has 0 fully saturated rings. The van der Waals surface area contributed by atoms with Crippen molar-refractivity contribution in [3.8, 4) is 11.5 Å². The van der Waals surface area contributed by atoms with Crippen molar-refractivity contribution in [1.29, 1.82) is 0 Å². The third-order valence-electron chi connectivity index (χ3n) is 3.32. The van der Waals surface area contributed by atoms with Gasteiger partial charge in [-0.2, -0.15) is 0 Å². The Balaban J connectivity index is 1.84. The van der Waals surface area contributed by atoms with Crippen molar-refractivity contribution in [2.24, 2.45) is 0 Å². The van der Waals surface area contributed by atoms with Gasteiger partial charge in [0.25, 0.3) is 0 Å². The Morgan fingerprint density at radius 1 is 1.09 bits per heavy atom. The monoisotopic (exact) mass is 314 g/mol. The molecule has 0 unspecified atom stereocenters. The number of hydrogen-bond donors (Lipinski definition) is 2. The molecule has 0 aromatic heterocycles. The molecule has 2 N–H and O–H groups in total. The van der Waals surface area contributed by atoms with Gasteiger partial charge in [-0.1, -0.05) is 30.3 Å². The smallest absolute Gasteiger partial charge is 0.319 e. The number of hydrogen-bond acceptors (Lipinski definition) is 3. The van der Waals surface area contributed by atoms with E-state index < -0.39 is 0 Å². The van der Waals surface area contributed by atoms with Crippen LogP contribution in [0.5, 0.6) is 11.5 Å². The van der Waals surface area contributed by atoms with Gasteiger partial charge in [0.2, 0.25) is 0 Å². The van der Waals surface area contributed by atoms with Gasteiger partial charge >= 0.3 is 6.03 Å². The van der Waals surface area contributed by atoms with Gasteiger partial charge in [-0.25, -0.2) is 4.79 Å². The van der Waals surface area contributed by atoms with Crippen LogP contribution in [0.3, 0.4) is 0 Å². The lowest BCUT2D eigenvalue weighted by Gasteiger charge is -2.17. The summed E-state index contributed by atoms with van der Waals surface area (Å²) in [4.78, 5) is 12.0. The summed E-state index contributed by atoms with van der Waals surface area (Å²) in [6.07, 6.45) is 0. The molecule has 0 aliphatic rings. The first-order chi connectivity index (χ1) is 11.1. The third kappa shape index (κ3) is 4.92. The summed E-state index contributed by atoms with van der Waals surface area (Å²) in [6, 6.07) is 14.6. The quantitative estimate of drug-likeness (QED) is 0.856. The molecule has 0 heterocycles. The zero-order valence-corrected chi connectivity index (χ0v) is 13.6. The van der Waals surface area contributed by atoms with E-state index in [-0.39, 0.29) is 12.1 Å². The van der Waals surface area contributed by atoms with Crippen LogP contribution >= 0.6 is 0 Å². The highest BCUT2D eigenvalue weighted by atomic mass is 16.5. The van der Waals surface area contributed by atoms with E-state index in [4.69, 9.17) is 9.47 Å². The van der Waals surface area contributed by atoms with Crippen LogP contribution in [0.25, 0.3) is 0 Å². The number of amides is 2. The summed E-state index contributed by atoms with van der Waals surface area (Å²) in [5.41, 5.74) is 1.69. The van der Waals surface area contributed by atoms with Gasteiger partial charge in [0.05, 0.1) is 18.8 Å². The van der Waals surface area contributed by atoms with E-state index in [2.05, 4.69) is 10.6 Å². The van der Waals surface area contributed by atoms with E-state index in [0.29, 0.717) is 18.0 Å². The summed E-state index contributed by atoms with van der Waals surface area (Å²) in [7, 11) is 1.57. The average molecular weight is 314 g/mol. The first-order valence-electron chi connectivity index (χ1n) is 7.49. The largest absolute Gasteiger partial charge is 0.495 e. The molecule has 122 valence electrons. The Labute approximate surface area is 136 Å². The normalized spacial score (nSPS) is 11.4. The van der Waals surface area contributed by atoms with Crippen LogP contribution in [0.2, 0.25) is 0 Å². The Bertz CT molecular complexity index is 658. The second-order valence-corrected chi connectivity index (χ2v) is 5.28. The Morgan fingerprint density at radius 2 is 1.74 bits per heavy atom. The zero-order valence-electron chi connectivity index (χ0n) is 13.6. The first kappa shape index (κ1) is 16.7. The minimum Gasteiger partial charge on any atom is -0.495 e. The summed E-state index contributed by atoms with van der Waals surface area (Å²) < 4.78 is 10.9. The maximum atomic E-state index is 12.0. The topological polar surface area (TPSA) is 59.6 Å². The Hall–Kier alpha value is -2.69. The fourth-order valence-corrected chi connectivity index (χ4v) is 2.10. The third-order valence-corrected chi connectivity index (χ3v) is 3.32. The van der Waals surface area contributed by atoms with Gasteiger partial charge in [0.15, 0.2) is 0 Å².